The van der Waals surface area contributed by atoms with Crippen LogP contribution in [0, 0.1) is 0 Å². The van der Waals surface area contributed by atoms with E-state index in [1.54, 1.807) is 24.5 Å². The summed E-state index contributed by atoms with van der Waals surface area (Å²) in [5.41, 5.74) is 7.60. The molecule has 2 rings (SSSR count). The molecule has 0 unspecified atom stereocenters. The van der Waals surface area contributed by atoms with Crippen molar-refractivity contribution in [1.82, 2.24) is 4.98 Å². The van der Waals surface area contributed by atoms with Crippen molar-refractivity contribution in [2.24, 2.45) is 5.73 Å². The van der Waals surface area contributed by atoms with Gasteiger partial charge in [-0.05, 0) is 30.3 Å². The van der Waals surface area contributed by atoms with Crippen LogP contribution in [0.25, 0.3) is 0 Å². The summed E-state index contributed by atoms with van der Waals surface area (Å²) in [6, 6.07) is 11.0. The van der Waals surface area contributed by atoms with Gasteiger partial charge in [0.15, 0.2) is 0 Å². The Hall–Kier alpha value is -2.36. The van der Waals surface area contributed by atoms with Crippen molar-refractivity contribution in [3.63, 3.8) is 0 Å². The Labute approximate surface area is 101 Å². The minimum absolute atomic E-state index is 0. The molecule has 1 aromatic heterocycles. The van der Waals surface area contributed by atoms with Gasteiger partial charge in [0.05, 0.1) is 11.9 Å². The van der Waals surface area contributed by atoms with Crippen molar-refractivity contribution >= 4 is 17.3 Å². The largest absolute Gasteiger partial charge is 0.366 e. The van der Waals surface area contributed by atoms with Gasteiger partial charge in [0.1, 0.15) is 0 Å². The molecule has 4 heteroatoms. The molecule has 1 amide bonds. The number of pyridine rings is 1. The molecule has 4 nitrogen and oxygen atoms in total. The Morgan fingerprint density at radius 1 is 1.29 bits per heavy atom. The van der Waals surface area contributed by atoms with E-state index in [0.29, 0.717) is 5.56 Å². The molecule has 0 spiro atoms. The Morgan fingerprint density at radius 2 is 2.06 bits per heavy atom. The van der Waals surface area contributed by atoms with E-state index in [2.05, 4.69) is 4.98 Å². The van der Waals surface area contributed by atoms with Crippen molar-refractivity contribution in [3.05, 3.63) is 54.4 Å². The van der Waals surface area contributed by atoms with E-state index < -0.39 is 5.91 Å². The van der Waals surface area contributed by atoms with Crippen LogP contribution in [0.1, 0.15) is 11.8 Å². The lowest BCUT2D eigenvalue weighted by Gasteiger charge is -2.19. The number of hydrogen-bond donors (Lipinski definition) is 1. The number of hydrogen-bond acceptors (Lipinski definition) is 3. The number of carbonyl (C=O) groups excluding carboxylic acids is 1. The number of nitrogens with zero attached hydrogens (tertiary/aromatic N) is 2. The Bertz CT molecular complexity index is 531. The summed E-state index contributed by atoms with van der Waals surface area (Å²) in [6.07, 6.45) is 3.48. The third-order valence-electron chi connectivity index (χ3n) is 2.55. The highest BCUT2D eigenvalue weighted by molar-refractivity contribution is 5.94. The van der Waals surface area contributed by atoms with Crippen LogP contribution in [0.2, 0.25) is 0 Å². The van der Waals surface area contributed by atoms with E-state index in [4.69, 9.17) is 5.73 Å². The van der Waals surface area contributed by atoms with Crippen LogP contribution in [0.4, 0.5) is 11.4 Å². The molecule has 0 saturated heterocycles. The third-order valence-corrected chi connectivity index (χ3v) is 2.55. The fourth-order valence-electron chi connectivity index (χ4n) is 1.57. The van der Waals surface area contributed by atoms with Crippen LogP contribution in [0.5, 0.6) is 0 Å². The molecular formula is C13H15N3O. The van der Waals surface area contributed by atoms with Gasteiger partial charge in [-0.25, -0.2) is 0 Å². The zero-order valence-corrected chi connectivity index (χ0v) is 9.50. The number of aromatic nitrogens is 1. The van der Waals surface area contributed by atoms with E-state index in [1.807, 2.05) is 36.2 Å². The molecule has 0 aliphatic rings. The third kappa shape index (κ3) is 2.42. The molecule has 0 aliphatic carbocycles. The van der Waals surface area contributed by atoms with Gasteiger partial charge in [-0.3, -0.25) is 9.78 Å². The summed E-state index contributed by atoms with van der Waals surface area (Å²) in [7, 11) is 1.91. The predicted octanol–water partition coefficient (Wildman–Crippen LogP) is 2.19. The predicted molar refractivity (Wildman–Crippen MR) is 69.4 cm³/mol. The zero-order valence-electron chi connectivity index (χ0n) is 9.50. The number of amides is 1. The zero-order chi connectivity index (χ0) is 12.3. The van der Waals surface area contributed by atoms with Gasteiger partial charge < -0.3 is 10.6 Å². The second-order valence-corrected chi connectivity index (χ2v) is 3.68. The average Bonchev–Trinajstić information content (AvgIpc) is 2.39. The van der Waals surface area contributed by atoms with Gasteiger partial charge in [-0.1, -0.05) is 6.07 Å². The molecule has 0 atom stereocenters. The SMILES string of the molecule is CN(c1cccnc1)c1cccc(C(N)=O)c1.[HH]. The first-order valence-electron chi connectivity index (χ1n) is 5.22. The molecule has 0 fully saturated rings. The van der Waals surface area contributed by atoms with Gasteiger partial charge >= 0.3 is 0 Å². The summed E-state index contributed by atoms with van der Waals surface area (Å²) < 4.78 is 0. The maximum atomic E-state index is 11.1. The van der Waals surface area contributed by atoms with Crippen molar-refractivity contribution in [2.45, 2.75) is 0 Å². The van der Waals surface area contributed by atoms with Crippen LogP contribution in [-0.2, 0) is 0 Å². The fraction of sp³-hybridized carbons (Fsp3) is 0.0769. The molecule has 2 N–H and O–H groups in total. The minimum atomic E-state index is -0.425. The van der Waals surface area contributed by atoms with Crippen LogP contribution < -0.4 is 10.6 Å². The molecule has 17 heavy (non-hydrogen) atoms. The highest BCUT2D eigenvalue weighted by atomic mass is 16.1. The highest BCUT2D eigenvalue weighted by Crippen LogP contribution is 2.22. The van der Waals surface area contributed by atoms with Gasteiger partial charge in [-0.2, -0.15) is 0 Å². The van der Waals surface area contributed by atoms with Crippen molar-refractivity contribution < 1.29 is 6.22 Å². The summed E-state index contributed by atoms with van der Waals surface area (Å²) in [5, 5.41) is 0. The lowest BCUT2D eigenvalue weighted by molar-refractivity contribution is 0.100. The molecular weight excluding hydrogens is 214 g/mol. The van der Waals surface area contributed by atoms with Crippen LogP contribution in [0.3, 0.4) is 0 Å². The standard InChI is InChI=1S/C13H13N3O.H2/c1-16(12-6-3-7-15-9-12)11-5-2-4-10(8-11)13(14)17;/h2-9H,1H3,(H2,14,17);1H. The minimum Gasteiger partial charge on any atom is -0.366 e. The summed E-state index contributed by atoms with van der Waals surface area (Å²) in [4.78, 5) is 17.1. The first-order chi connectivity index (χ1) is 8.18. The Morgan fingerprint density at radius 3 is 2.71 bits per heavy atom. The van der Waals surface area contributed by atoms with E-state index in [9.17, 15) is 4.79 Å². The molecule has 88 valence electrons. The highest BCUT2D eigenvalue weighted by Gasteiger charge is 2.06. The van der Waals surface area contributed by atoms with Gasteiger partial charge in [0.25, 0.3) is 0 Å². The van der Waals surface area contributed by atoms with E-state index in [-0.39, 0.29) is 1.43 Å². The molecule has 1 aromatic carbocycles. The maximum Gasteiger partial charge on any atom is 0.248 e. The second kappa shape index (κ2) is 4.65. The van der Waals surface area contributed by atoms with Crippen molar-refractivity contribution in [2.75, 3.05) is 11.9 Å². The lowest BCUT2D eigenvalue weighted by atomic mass is 10.2. The van der Waals surface area contributed by atoms with Gasteiger partial charge in [0, 0.05) is 25.9 Å². The maximum absolute atomic E-state index is 11.1. The summed E-state index contributed by atoms with van der Waals surface area (Å²) in [5.74, 6) is -0.425. The number of rotatable bonds is 3. The number of benzene rings is 1. The summed E-state index contributed by atoms with van der Waals surface area (Å²) >= 11 is 0. The molecule has 0 radical (unpaired) electrons. The van der Waals surface area contributed by atoms with Crippen molar-refractivity contribution in [3.8, 4) is 0 Å². The molecule has 0 bridgehead atoms. The smallest absolute Gasteiger partial charge is 0.248 e. The first-order valence-corrected chi connectivity index (χ1v) is 5.22. The normalized spacial score (nSPS) is 9.94. The van der Waals surface area contributed by atoms with Gasteiger partial charge in [-0.15, -0.1) is 0 Å². The monoisotopic (exact) mass is 229 g/mol. The molecule has 0 saturated carbocycles. The van der Waals surface area contributed by atoms with Crippen LogP contribution in [-0.4, -0.2) is 17.9 Å². The summed E-state index contributed by atoms with van der Waals surface area (Å²) in [6.45, 7) is 0. The number of carbonyl (C=O) groups is 1. The molecule has 1 heterocycles. The Balaban J connectivity index is 0.00000162. The lowest BCUT2D eigenvalue weighted by Crippen LogP contribution is -2.13. The van der Waals surface area contributed by atoms with E-state index in [0.717, 1.165) is 11.4 Å². The molecule has 0 aliphatic heterocycles. The van der Waals surface area contributed by atoms with Crippen LogP contribution >= 0.6 is 0 Å². The van der Waals surface area contributed by atoms with Crippen molar-refractivity contribution in [1.29, 1.82) is 0 Å². The van der Waals surface area contributed by atoms with Crippen LogP contribution in [0.15, 0.2) is 48.8 Å². The number of primary amides is 1. The molecule has 2 aromatic rings. The van der Waals surface area contributed by atoms with Gasteiger partial charge in [0.2, 0.25) is 5.91 Å². The average molecular weight is 229 g/mol. The van der Waals surface area contributed by atoms with E-state index in [1.165, 1.54) is 0 Å². The topological polar surface area (TPSA) is 59.2 Å². The quantitative estimate of drug-likeness (QED) is 0.877. The fourth-order valence-corrected chi connectivity index (χ4v) is 1.57. The number of anilines is 2. The Kier molecular flexibility index (Phi) is 3.05. The number of nitrogens with two attached hydrogens (primary N) is 1. The second-order valence-electron chi connectivity index (χ2n) is 3.68. The van der Waals surface area contributed by atoms with E-state index >= 15 is 0 Å². The first kappa shape index (κ1) is 11.1.